The summed E-state index contributed by atoms with van der Waals surface area (Å²) in [5.74, 6) is -1.62. The Morgan fingerprint density at radius 1 is 1.14 bits per heavy atom. The molecule has 2 aromatic carbocycles. The number of nitrogens with zero attached hydrogens (tertiary/aromatic N) is 2. The number of fused-ring (bicyclic) bond motifs is 5. The summed E-state index contributed by atoms with van der Waals surface area (Å²) in [5, 5.41) is 0.923. The van der Waals surface area contributed by atoms with Crippen molar-refractivity contribution in [1.29, 1.82) is 0 Å². The van der Waals surface area contributed by atoms with E-state index in [9.17, 15) is 18.4 Å². The lowest BCUT2D eigenvalue weighted by atomic mass is 9.87. The third-order valence-corrected chi connectivity index (χ3v) is 5.92. The zero-order valence-electron chi connectivity index (χ0n) is 15.8. The number of amides is 3. The SMILES string of the molecule is COc1ccc2[nH]c3c(c2c1)CCN1C(=O)N(c2ccc(F)cc2F)C(=O)[C@]31C. The number of carbonyl (C=O) groups is 2. The Labute approximate surface area is 164 Å². The first-order valence-electron chi connectivity index (χ1n) is 9.16. The second-order valence-corrected chi connectivity index (χ2v) is 7.38. The van der Waals surface area contributed by atoms with E-state index >= 15 is 0 Å². The van der Waals surface area contributed by atoms with E-state index in [1.54, 1.807) is 14.0 Å². The van der Waals surface area contributed by atoms with E-state index in [4.69, 9.17) is 4.74 Å². The van der Waals surface area contributed by atoms with Gasteiger partial charge in [0, 0.05) is 23.5 Å². The molecule has 2 aliphatic heterocycles. The molecular weight excluding hydrogens is 380 g/mol. The van der Waals surface area contributed by atoms with Gasteiger partial charge < -0.3 is 14.6 Å². The Morgan fingerprint density at radius 2 is 1.93 bits per heavy atom. The molecule has 3 heterocycles. The fourth-order valence-corrected chi connectivity index (χ4v) is 4.42. The molecule has 0 radical (unpaired) electrons. The maximum Gasteiger partial charge on any atom is 0.332 e. The van der Waals surface area contributed by atoms with Crippen LogP contribution in [0, 0.1) is 11.6 Å². The molecule has 3 aromatic rings. The normalized spacial score (nSPS) is 21.0. The molecule has 1 saturated heterocycles. The number of methoxy groups -OCH3 is 1. The van der Waals surface area contributed by atoms with E-state index in [0.717, 1.165) is 33.5 Å². The maximum atomic E-state index is 14.4. The lowest BCUT2D eigenvalue weighted by Gasteiger charge is -2.35. The van der Waals surface area contributed by atoms with E-state index in [2.05, 4.69) is 4.98 Å². The number of urea groups is 1. The Hall–Kier alpha value is -3.42. The number of imide groups is 1. The third-order valence-electron chi connectivity index (χ3n) is 5.92. The maximum absolute atomic E-state index is 14.4. The molecular formula is C21H17F2N3O3. The Balaban J connectivity index is 1.68. The lowest BCUT2D eigenvalue weighted by Crippen LogP contribution is -2.49. The predicted molar refractivity (Wildman–Crippen MR) is 102 cm³/mol. The smallest absolute Gasteiger partial charge is 0.332 e. The van der Waals surface area contributed by atoms with Crippen LogP contribution in [0.5, 0.6) is 5.75 Å². The molecule has 29 heavy (non-hydrogen) atoms. The average molecular weight is 397 g/mol. The summed E-state index contributed by atoms with van der Waals surface area (Å²) in [4.78, 5) is 32.0. The van der Waals surface area contributed by atoms with Crippen LogP contribution in [-0.4, -0.2) is 35.5 Å². The largest absolute Gasteiger partial charge is 0.497 e. The molecule has 3 amide bonds. The quantitative estimate of drug-likeness (QED) is 0.671. The van der Waals surface area contributed by atoms with Gasteiger partial charge in [-0.05, 0) is 49.2 Å². The van der Waals surface area contributed by atoms with Gasteiger partial charge in [-0.2, -0.15) is 0 Å². The fraction of sp³-hybridized carbons (Fsp3) is 0.238. The highest BCUT2D eigenvalue weighted by Crippen LogP contribution is 2.46. The average Bonchev–Trinajstić information content (AvgIpc) is 3.16. The first-order valence-corrected chi connectivity index (χ1v) is 9.16. The van der Waals surface area contributed by atoms with Crippen molar-refractivity contribution in [1.82, 2.24) is 9.88 Å². The summed E-state index contributed by atoms with van der Waals surface area (Å²) >= 11 is 0. The highest BCUT2D eigenvalue weighted by atomic mass is 19.1. The molecule has 6 nitrogen and oxygen atoms in total. The van der Waals surface area contributed by atoms with E-state index in [1.165, 1.54) is 4.90 Å². The molecule has 1 aromatic heterocycles. The number of nitrogens with one attached hydrogen (secondary N) is 1. The van der Waals surface area contributed by atoms with Crippen molar-refractivity contribution in [3.05, 3.63) is 59.3 Å². The zero-order valence-corrected chi connectivity index (χ0v) is 15.8. The van der Waals surface area contributed by atoms with Crippen LogP contribution in [-0.2, 0) is 16.8 Å². The van der Waals surface area contributed by atoms with Crippen LogP contribution in [0.25, 0.3) is 10.9 Å². The number of aromatic amines is 1. The van der Waals surface area contributed by atoms with E-state index < -0.39 is 29.1 Å². The van der Waals surface area contributed by atoms with Gasteiger partial charge in [0.1, 0.15) is 17.4 Å². The number of aromatic nitrogens is 1. The van der Waals surface area contributed by atoms with Crippen LogP contribution in [0.3, 0.4) is 0 Å². The number of rotatable bonds is 2. The van der Waals surface area contributed by atoms with Gasteiger partial charge in [-0.15, -0.1) is 0 Å². The standard InChI is InChI=1S/C21H17F2N3O3/c1-21-18-13(14-10-12(29-2)4-5-16(14)24-18)7-8-25(21)20(28)26(19(21)27)17-6-3-11(22)9-15(17)23/h3-6,9-10,24H,7-8H2,1-2H3/t21-/m0/s1. The van der Waals surface area contributed by atoms with Crippen molar-refractivity contribution in [2.45, 2.75) is 18.9 Å². The Morgan fingerprint density at radius 3 is 2.66 bits per heavy atom. The molecule has 0 spiro atoms. The predicted octanol–water partition coefficient (Wildman–Crippen LogP) is 3.69. The number of benzene rings is 2. The third kappa shape index (κ3) is 2.19. The summed E-state index contributed by atoms with van der Waals surface area (Å²) < 4.78 is 33.0. The minimum absolute atomic E-state index is 0.253. The van der Waals surface area contributed by atoms with Gasteiger partial charge in [-0.25, -0.2) is 18.5 Å². The van der Waals surface area contributed by atoms with Crippen molar-refractivity contribution in [2.24, 2.45) is 0 Å². The monoisotopic (exact) mass is 397 g/mol. The highest BCUT2D eigenvalue weighted by Gasteiger charge is 2.59. The van der Waals surface area contributed by atoms with Crippen LogP contribution >= 0.6 is 0 Å². The van der Waals surface area contributed by atoms with Crippen LogP contribution in [0.2, 0.25) is 0 Å². The molecule has 5 rings (SSSR count). The van der Waals surface area contributed by atoms with Crippen molar-refractivity contribution in [2.75, 3.05) is 18.6 Å². The summed E-state index contributed by atoms with van der Waals surface area (Å²) in [6, 6.07) is 7.74. The van der Waals surface area contributed by atoms with Crippen molar-refractivity contribution in [3.63, 3.8) is 0 Å². The lowest BCUT2D eigenvalue weighted by molar-refractivity contribution is -0.125. The minimum atomic E-state index is -1.31. The summed E-state index contributed by atoms with van der Waals surface area (Å²) in [6.07, 6.45) is 0.539. The number of carbonyl (C=O) groups excluding carboxylic acids is 2. The van der Waals surface area contributed by atoms with Gasteiger partial charge in [-0.3, -0.25) is 4.79 Å². The number of hydrogen-bond donors (Lipinski definition) is 1. The summed E-state index contributed by atoms with van der Waals surface area (Å²) in [7, 11) is 1.58. The molecule has 0 bridgehead atoms. The first-order chi connectivity index (χ1) is 13.9. The fourth-order valence-electron chi connectivity index (χ4n) is 4.42. The molecule has 0 aliphatic carbocycles. The molecule has 148 valence electrons. The highest BCUT2D eigenvalue weighted by molar-refractivity contribution is 6.23. The first kappa shape index (κ1) is 17.7. The van der Waals surface area contributed by atoms with Crippen molar-refractivity contribution >= 4 is 28.5 Å². The zero-order chi connectivity index (χ0) is 20.5. The molecule has 0 unspecified atom stereocenters. The van der Waals surface area contributed by atoms with Gasteiger partial charge in [-0.1, -0.05) is 0 Å². The van der Waals surface area contributed by atoms with Gasteiger partial charge in [0.25, 0.3) is 5.91 Å². The minimum Gasteiger partial charge on any atom is -0.497 e. The topological polar surface area (TPSA) is 65.6 Å². The number of ether oxygens (including phenoxy) is 1. The number of hydrogen-bond acceptors (Lipinski definition) is 3. The number of anilines is 1. The van der Waals surface area contributed by atoms with Crippen LogP contribution in [0.1, 0.15) is 18.2 Å². The van der Waals surface area contributed by atoms with E-state index in [1.807, 2.05) is 18.2 Å². The molecule has 1 N–H and O–H groups in total. The van der Waals surface area contributed by atoms with Gasteiger partial charge >= 0.3 is 6.03 Å². The second kappa shape index (κ2) is 5.79. The number of halogens is 2. The molecule has 2 aliphatic rings. The Bertz CT molecular complexity index is 1210. The molecule has 8 heteroatoms. The van der Waals surface area contributed by atoms with Gasteiger partial charge in [0.05, 0.1) is 18.5 Å². The molecule has 1 atom stereocenters. The van der Waals surface area contributed by atoms with Crippen LogP contribution in [0.4, 0.5) is 19.3 Å². The van der Waals surface area contributed by atoms with Crippen molar-refractivity contribution < 1.29 is 23.1 Å². The van der Waals surface area contributed by atoms with E-state index in [0.29, 0.717) is 30.5 Å². The van der Waals surface area contributed by atoms with Gasteiger partial charge in [0.15, 0.2) is 5.54 Å². The van der Waals surface area contributed by atoms with E-state index in [-0.39, 0.29) is 5.69 Å². The summed E-state index contributed by atoms with van der Waals surface area (Å²) in [5.41, 5.74) is 0.801. The van der Waals surface area contributed by atoms with Crippen molar-refractivity contribution in [3.8, 4) is 5.75 Å². The second-order valence-electron chi connectivity index (χ2n) is 7.38. The van der Waals surface area contributed by atoms with Gasteiger partial charge in [0.2, 0.25) is 0 Å². The number of H-pyrrole nitrogens is 1. The Kier molecular flexibility index (Phi) is 3.53. The summed E-state index contributed by atoms with van der Waals surface area (Å²) in [6.45, 7) is 1.96. The molecule has 0 saturated carbocycles. The van der Waals surface area contributed by atoms with Crippen LogP contribution < -0.4 is 9.64 Å². The molecule has 1 fully saturated rings. The van der Waals surface area contributed by atoms with Crippen LogP contribution in [0.15, 0.2) is 36.4 Å².